The molecule has 3 N–H and O–H groups in total. The van der Waals surface area contributed by atoms with E-state index in [1.165, 1.54) is 0 Å². The van der Waals surface area contributed by atoms with Gasteiger partial charge >= 0.3 is 5.97 Å². The van der Waals surface area contributed by atoms with Crippen molar-refractivity contribution in [1.82, 2.24) is 0 Å². The molecule has 0 bridgehead atoms. The molecule has 0 aromatic heterocycles. The van der Waals surface area contributed by atoms with Crippen LogP contribution in [0.3, 0.4) is 0 Å². The number of rotatable bonds is 11. The molecule has 0 aromatic rings. The summed E-state index contributed by atoms with van der Waals surface area (Å²) < 4.78 is 0. The van der Waals surface area contributed by atoms with Gasteiger partial charge in [0, 0.05) is 6.42 Å². The minimum absolute atomic E-state index is 0.225. The van der Waals surface area contributed by atoms with Gasteiger partial charge in [-0.25, -0.2) is 0 Å². The van der Waals surface area contributed by atoms with Gasteiger partial charge in [-0.05, 0) is 43.9 Å². The van der Waals surface area contributed by atoms with Gasteiger partial charge in [-0.15, -0.1) is 0 Å². The van der Waals surface area contributed by atoms with Crippen LogP contribution < -0.4 is 0 Å². The smallest absolute Gasteiger partial charge is 0.303 e. The highest BCUT2D eigenvalue weighted by molar-refractivity contribution is 5.66. The summed E-state index contributed by atoms with van der Waals surface area (Å²) in [6, 6.07) is 0. The fraction of sp³-hybridized carbons (Fsp3) is 0.833. The van der Waals surface area contributed by atoms with E-state index >= 15 is 0 Å². The number of allylic oxidation sites excluding steroid dienone is 1. The van der Waals surface area contributed by atoms with Crippen LogP contribution >= 0.6 is 0 Å². The van der Waals surface area contributed by atoms with Crippen molar-refractivity contribution >= 4 is 5.97 Å². The van der Waals surface area contributed by atoms with Crippen molar-refractivity contribution in [2.75, 3.05) is 0 Å². The number of aliphatic hydroxyl groups is 2. The molecular weight excluding hydrogens is 280 g/mol. The van der Waals surface area contributed by atoms with Crippen molar-refractivity contribution < 1.29 is 20.1 Å². The minimum atomic E-state index is -0.720. The second-order valence-electron chi connectivity index (χ2n) is 6.56. The summed E-state index contributed by atoms with van der Waals surface area (Å²) >= 11 is 0. The normalized spacial score (nSPS) is 26.6. The van der Waals surface area contributed by atoms with Crippen molar-refractivity contribution in [3.05, 3.63) is 12.2 Å². The maximum atomic E-state index is 10.4. The van der Waals surface area contributed by atoms with E-state index < -0.39 is 5.97 Å². The SMILES string of the molecule is CCCC(O)C=CC1CCC(O)C1CCCCCCC(=O)O. The first-order chi connectivity index (χ1) is 10.5. The van der Waals surface area contributed by atoms with Crippen LogP contribution in [0.15, 0.2) is 12.2 Å². The average Bonchev–Trinajstić information content (AvgIpc) is 2.81. The molecule has 0 saturated heterocycles. The molecule has 1 saturated carbocycles. The van der Waals surface area contributed by atoms with Crippen LogP contribution in [0, 0.1) is 11.8 Å². The summed E-state index contributed by atoms with van der Waals surface area (Å²) in [7, 11) is 0. The van der Waals surface area contributed by atoms with Gasteiger partial charge in [0.25, 0.3) is 0 Å². The Hall–Kier alpha value is -0.870. The molecule has 0 radical (unpaired) electrons. The Kier molecular flexibility index (Phi) is 9.41. The van der Waals surface area contributed by atoms with Crippen molar-refractivity contribution in [2.45, 2.75) is 83.3 Å². The Balaban J connectivity index is 2.28. The number of unbranched alkanes of at least 4 members (excludes halogenated alkanes) is 3. The Bertz CT molecular complexity index is 340. The summed E-state index contributed by atoms with van der Waals surface area (Å²) in [6.07, 6.45) is 12.0. The number of carbonyl (C=O) groups is 1. The highest BCUT2D eigenvalue weighted by Crippen LogP contribution is 2.36. The lowest BCUT2D eigenvalue weighted by molar-refractivity contribution is -0.137. The molecule has 0 aromatic carbocycles. The van der Waals surface area contributed by atoms with Gasteiger partial charge in [0.05, 0.1) is 12.2 Å². The van der Waals surface area contributed by atoms with E-state index in [1.54, 1.807) is 0 Å². The predicted molar refractivity (Wildman–Crippen MR) is 87.6 cm³/mol. The first-order valence-corrected chi connectivity index (χ1v) is 8.80. The molecule has 128 valence electrons. The molecule has 22 heavy (non-hydrogen) atoms. The molecule has 1 rings (SSSR count). The zero-order chi connectivity index (χ0) is 16.4. The van der Waals surface area contributed by atoms with E-state index in [9.17, 15) is 15.0 Å². The number of hydrogen-bond donors (Lipinski definition) is 3. The first kappa shape index (κ1) is 19.2. The molecule has 1 aliphatic rings. The zero-order valence-electron chi connectivity index (χ0n) is 13.8. The lowest BCUT2D eigenvalue weighted by Crippen LogP contribution is -2.18. The fourth-order valence-corrected chi connectivity index (χ4v) is 3.39. The third-order valence-electron chi connectivity index (χ3n) is 4.68. The third-order valence-corrected chi connectivity index (χ3v) is 4.68. The molecular formula is C18H32O4. The molecule has 0 heterocycles. The molecule has 4 unspecified atom stereocenters. The van der Waals surface area contributed by atoms with Crippen LogP contribution in [0.25, 0.3) is 0 Å². The summed E-state index contributed by atoms with van der Waals surface area (Å²) in [4.78, 5) is 10.4. The summed E-state index contributed by atoms with van der Waals surface area (Å²) in [5.41, 5.74) is 0. The number of carboxylic acids is 1. The topological polar surface area (TPSA) is 77.8 Å². The fourth-order valence-electron chi connectivity index (χ4n) is 3.39. The Morgan fingerprint density at radius 2 is 1.95 bits per heavy atom. The lowest BCUT2D eigenvalue weighted by atomic mass is 9.88. The molecule has 1 aliphatic carbocycles. The Morgan fingerprint density at radius 3 is 2.64 bits per heavy atom. The maximum Gasteiger partial charge on any atom is 0.303 e. The number of aliphatic carboxylic acids is 1. The van der Waals surface area contributed by atoms with Gasteiger partial charge in [-0.1, -0.05) is 44.8 Å². The van der Waals surface area contributed by atoms with E-state index in [0.717, 1.165) is 57.8 Å². The van der Waals surface area contributed by atoms with Crippen LogP contribution in [0.5, 0.6) is 0 Å². The van der Waals surface area contributed by atoms with Gasteiger partial charge in [-0.2, -0.15) is 0 Å². The van der Waals surface area contributed by atoms with Gasteiger partial charge in [0.2, 0.25) is 0 Å². The van der Waals surface area contributed by atoms with E-state index in [4.69, 9.17) is 5.11 Å². The molecule has 4 nitrogen and oxygen atoms in total. The van der Waals surface area contributed by atoms with Crippen LogP contribution in [0.1, 0.15) is 71.1 Å². The molecule has 4 heteroatoms. The van der Waals surface area contributed by atoms with Gasteiger partial charge < -0.3 is 15.3 Å². The van der Waals surface area contributed by atoms with Crippen LogP contribution in [0.2, 0.25) is 0 Å². The second-order valence-corrected chi connectivity index (χ2v) is 6.56. The molecule has 0 amide bonds. The molecule has 1 fully saturated rings. The van der Waals surface area contributed by atoms with E-state index in [1.807, 2.05) is 6.08 Å². The van der Waals surface area contributed by atoms with Crippen molar-refractivity contribution in [3.63, 3.8) is 0 Å². The third kappa shape index (κ3) is 7.41. The zero-order valence-corrected chi connectivity index (χ0v) is 13.8. The van der Waals surface area contributed by atoms with E-state index in [0.29, 0.717) is 11.8 Å². The van der Waals surface area contributed by atoms with Gasteiger partial charge in [0.15, 0.2) is 0 Å². The van der Waals surface area contributed by atoms with Crippen LogP contribution in [-0.4, -0.2) is 33.5 Å². The number of carboxylic acid groups (broad SMARTS) is 1. The monoisotopic (exact) mass is 312 g/mol. The predicted octanol–water partition coefficient (Wildman–Crippen LogP) is 3.52. The van der Waals surface area contributed by atoms with Crippen molar-refractivity contribution in [1.29, 1.82) is 0 Å². The minimum Gasteiger partial charge on any atom is -0.481 e. The molecule has 0 aliphatic heterocycles. The number of hydrogen-bond acceptors (Lipinski definition) is 3. The summed E-state index contributed by atoms with van der Waals surface area (Å²) in [5.74, 6) is -0.0490. The maximum absolute atomic E-state index is 10.4. The van der Waals surface area contributed by atoms with Crippen molar-refractivity contribution in [3.8, 4) is 0 Å². The largest absolute Gasteiger partial charge is 0.481 e. The Labute approximate surface area is 134 Å². The molecule has 0 spiro atoms. The Morgan fingerprint density at radius 1 is 1.23 bits per heavy atom. The second kappa shape index (κ2) is 10.8. The number of aliphatic hydroxyl groups excluding tert-OH is 2. The molecule has 4 atom stereocenters. The lowest BCUT2D eigenvalue weighted by Gasteiger charge is -2.20. The van der Waals surface area contributed by atoms with E-state index in [2.05, 4.69) is 13.0 Å². The van der Waals surface area contributed by atoms with E-state index in [-0.39, 0.29) is 18.6 Å². The van der Waals surface area contributed by atoms with Gasteiger partial charge in [0.1, 0.15) is 0 Å². The van der Waals surface area contributed by atoms with Crippen LogP contribution in [-0.2, 0) is 4.79 Å². The first-order valence-electron chi connectivity index (χ1n) is 8.80. The standard InChI is InChI=1S/C18H32O4/c1-2-7-15(19)12-10-14-11-13-17(20)16(14)8-5-3-4-6-9-18(21)22/h10,12,14-17,19-20H,2-9,11,13H2,1H3,(H,21,22). The van der Waals surface area contributed by atoms with Crippen molar-refractivity contribution in [2.24, 2.45) is 11.8 Å². The quantitative estimate of drug-likeness (QED) is 0.403. The van der Waals surface area contributed by atoms with Gasteiger partial charge in [-0.3, -0.25) is 4.79 Å². The average molecular weight is 312 g/mol. The summed E-state index contributed by atoms with van der Waals surface area (Å²) in [6.45, 7) is 2.06. The van der Waals surface area contributed by atoms with Crippen LogP contribution in [0.4, 0.5) is 0 Å². The highest BCUT2D eigenvalue weighted by Gasteiger charge is 2.32. The highest BCUT2D eigenvalue weighted by atomic mass is 16.4. The summed E-state index contributed by atoms with van der Waals surface area (Å²) in [5, 5.41) is 28.5.